The summed E-state index contributed by atoms with van der Waals surface area (Å²) >= 11 is 0. The molecule has 0 aliphatic rings. The van der Waals surface area contributed by atoms with E-state index < -0.39 is 8.32 Å². The van der Waals surface area contributed by atoms with Crippen LogP contribution in [0.5, 0.6) is 0 Å². The highest BCUT2D eigenvalue weighted by atomic mass is 28.4. The maximum atomic E-state index is 9.41. The van der Waals surface area contributed by atoms with Crippen LogP contribution in [0, 0.1) is 0 Å². The molecule has 0 saturated heterocycles. The molecule has 0 radical (unpaired) electrons. The van der Waals surface area contributed by atoms with Gasteiger partial charge < -0.3 is 9.53 Å². The van der Waals surface area contributed by atoms with Crippen LogP contribution in [0.25, 0.3) is 0 Å². The van der Waals surface area contributed by atoms with Gasteiger partial charge in [-0.05, 0) is 33.8 Å². The van der Waals surface area contributed by atoms with Crippen LogP contribution in [-0.2, 0) is 4.43 Å². The Kier molecular flexibility index (Phi) is 7.78. The summed E-state index contributed by atoms with van der Waals surface area (Å²) in [5, 5.41) is 11.9. The molecule has 0 saturated carbocycles. The molecule has 0 heterocycles. The van der Waals surface area contributed by atoms with Crippen molar-refractivity contribution in [3.8, 4) is 0 Å². The third kappa shape index (κ3) is 5.07. The second kappa shape index (κ2) is 9.84. The van der Waals surface area contributed by atoms with E-state index in [4.69, 9.17) is 4.43 Å². The standard InChI is InChI=1S/C24H32O2Si/c1-5-6-13-21(18-19-25)20-26-27(24(2,3)4,22-14-9-7-10-15-22)23-16-11-8-12-17-23/h5,7-12,14-18,25H,1,6,13,19-20H2,2-4H3/b21-18-. The molecule has 0 aromatic heterocycles. The Morgan fingerprint density at radius 1 is 1.00 bits per heavy atom. The van der Waals surface area contributed by atoms with Crippen LogP contribution in [-0.4, -0.2) is 26.6 Å². The zero-order valence-electron chi connectivity index (χ0n) is 16.8. The summed E-state index contributed by atoms with van der Waals surface area (Å²) in [7, 11) is -2.53. The molecule has 0 amide bonds. The largest absolute Gasteiger partial charge is 0.403 e. The molecule has 0 spiro atoms. The van der Waals surface area contributed by atoms with Crippen molar-refractivity contribution in [2.75, 3.05) is 13.2 Å². The van der Waals surface area contributed by atoms with E-state index in [1.807, 2.05) is 12.2 Å². The van der Waals surface area contributed by atoms with Crippen molar-refractivity contribution in [1.29, 1.82) is 0 Å². The molecular formula is C24H32O2Si. The first kappa shape index (κ1) is 21.4. The Labute approximate surface area is 165 Å². The lowest BCUT2D eigenvalue weighted by Crippen LogP contribution is -2.66. The summed E-state index contributed by atoms with van der Waals surface area (Å²) < 4.78 is 6.90. The minimum Gasteiger partial charge on any atom is -0.403 e. The van der Waals surface area contributed by atoms with E-state index in [1.54, 1.807) is 0 Å². The molecular weight excluding hydrogens is 348 g/mol. The summed E-state index contributed by atoms with van der Waals surface area (Å²) in [4.78, 5) is 0. The van der Waals surface area contributed by atoms with Crippen molar-refractivity contribution in [3.05, 3.63) is 85.0 Å². The highest BCUT2D eigenvalue weighted by Gasteiger charge is 2.50. The molecule has 1 N–H and O–H groups in total. The molecule has 2 aromatic rings. The molecule has 3 heteroatoms. The summed E-state index contributed by atoms with van der Waals surface area (Å²) in [6.07, 6.45) is 5.54. The van der Waals surface area contributed by atoms with Crippen LogP contribution in [0.4, 0.5) is 0 Å². The van der Waals surface area contributed by atoms with Crippen molar-refractivity contribution in [2.45, 2.75) is 38.7 Å². The summed E-state index contributed by atoms with van der Waals surface area (Å²) in [5.74, 6) is 0. The predicted molar refractivity (Wildman–Crippen MR) is 118 cm³/mol. The first-order valence-corrected chi connectivity index (χ1v) is 11.5. The van der Waals surface area contributed by atoms with Crippen molar-refractivity contribution < 1.29 is 9.53 Å². The Morgan fingerprint density at radius 2 is 1.52 bits per heavy atom. The van der Waals surface area contributed by atoms with E-state index in [1.165, 1.54) is 10.4 Å². The van der Waals surface area contributed by atoms with Gasteiger partial charge in [-0.3, -0.25) is 0 Å². The zero-order valence-corrected chi connectivity index (χ0v) is 17.8. The van der Waals surface area contributed by atoms with Crippen LogP contribution in [0.1, 0.15) is 33.6 Å². The summed E-state index contributed by atoms with van der Waals surface area (Å²) in [6, 6.07) is 21.3. The molecule has 0 bridgehead atoms. The molecule has 0 aliphatic heterocycles. The normalized spacial score (nSPS) is 12.8. The quantitative estimate of drug-likeness (QED) is 0.514. The van der Waals surface area contributed by atoms with Crippen molar-refractivity contribution in [3.63, 3.8) is 0 Å². The van der Waals surface area contributed by atoms with Crippen LogP contribution in [0.15, 0.2) is 85.0 Å². The molecule has 2 rings (SSSR count). The Balaban J connectivity index is 2.52. The fourth-order valence-electron chi connectivity index (χ4n) is 3.61. The molecule has 0 unspecified atom stereocenters. The molecule has 0 fully saturated rings. The molecule has 0 aliphatic carbocycles. The fraction of sp³-hybridized carbons (Fsp3) is 0.333. The van der Waals surface area contributed by atoms with Gasteiger partial charge in [-0.2, -0.15) is 0 Å². The zero-order chi connectivity index (χ0) is 19.8. The first-order valence-electron chi connectivity index (χ1n) is 9.60. The van der Waals surface area contributed by atoms with E-state index >= 15 is 0 Å². The van der Waals surface area contributed by atoms with Crippen LogP contribution in [0.3, 0.4) is 0 Å². The van der Waals surface area contributed by atoms with E-state index in [0.29, 0.717) is 6.61 Å². The van der Waals surface area contributed by atoms with Gasteiger partial charge in [-0.25, -0.2) is 0 Å². The topological polar surface area (TPSA) is 29.5 Å². The van der Waals surface area contributed by atoms with E-state index in [2.05, 4.69) is 88.0 Å². The van der Waals surface area contributed by atoms with Gasteiger partial charge in [-0.1, -0.05) is 93.6 Å². The average molecular weight is 381 g/mol. The van der Waals surface area contributed by atoms with Gasteiger partial charge in [0.1, 0.15) is 0 Å². The third-order valence-electron chi connectivity index (χ3n) is 4.94. The van der Waals surface area contributed by atoms with E-state index in [0.717, 1.165) is 18.4 Å². The Bertz CT molecular complexity index is 690. The van der Waals surface area contributed by atoms with Gasteiger partial charge in [-0.15, -0.1) is 6.58 Å². The highest BCUT2D eigenvalue weighted by Crippen LogP contribution is 2.37. The molecule has 2 nitrogen and oxygen atoms in total. The Hall–Kier alpha value is -1.94. The first-order chi connectivity index (χ1) is 13.0. The van der Waals surface area contributed by atoms with Gasteiger partial charge in [0, 0.05) is 0 Å². The van der Waals surface area contributed by atoms with Crippen LogP contribution < -0.4 is 10.4 Å². The Morgan fingerprint density at radius 3 is 1.93 bits per heavy atom. The number of hydrogen-bond donors (Lipinski definition) is 1. The number of allylic oxidation sites excluding steroid dienone is 1. The maximum Gasteiger partial charge on any atom is 0.261 e. The van der Waals surface area contributed by atoms with Gasteiger partial charge in [0.2, 0.25) is 0 Å². The van der Waals surface area contributed by atoms with Crippen molar-refractivity contribution in [1.82, 2.24) is 0 Å². The number of benzene rings is 2. The maximum absolute atomic E-state index is 9.41. The molecule has 0 atom stereocenters. The second-order valence-electron chi connectivity index (χ2n) is 7.82. The van der Waals surface area contributed by atoms with Gasteiger partial charge in [0.15, 0.2) is 0 Å². The van der Waals surface area contributed by atoms with Gasteiger partial charge in [0.25, 0.3) is 8.32 Å². The van der Waals surface area contributed by atoms with E-state index in [9.17, 15) is 5.11 Å². The summed E-state index contributed by atoms with van der Waals surface area (Å²) in [6.45, 7) is 11.2. The minimum atomic E-state index is -2.53. The lowest BCUT2D eigenvalue weighted by atomic mass is 10.1. The predicted octanol–water partition coefficient (Wildman–Crippen LogP) is 4.45. The fourth-order valence-corrected chi connectivity index (χ4v) is 8.17. The van der Waals surface area contributed by atoms with E-state index in [-0.39, 0.29) is 11.6 Å². The minimum absolute atomic E-state index is 0.0383. The lowest BCUT2D eigenvalue weighted by molar-refractivity contribution is 0.316. The highest BCUT2D eigenvalue weighted by molar-refractivity contribution is 6.99. The van der Waals surface area contributed by atoms with Gasteiger partial charge in [0.05, 0.1) is 13.2 Å². The van der Waals surface area contributed by atoms with Crippen molar-refractivity contribution in [2.24, 2.45) is 0 Å². The smallest absolute Gasteiger partial charge is 0.261 e. The number of aliphatic hydroxyl groups excluding tert-OH is 1. The summed E-state index contributed by atoms with van der Waals surface area (Å²) in [5.41, 5.74) is 1.13. The van der Waals surface area contributed by atoms with Crippen LogP contribution in [0.2, 0.25) is 5.04 Å². The van der Waals surface area contributed by atoms with Gasteiger partial charge >= 0.3 is 0 Å². The molecule has 27 heavy (non-hydrogen) atoms. The molecule has 2 aromatic carbocycles. The van der Waals surface area contributed by atoms with Crippen LogP contribution >= 0.6 is 0 Å². The molecule has 144 valence electrons. The SMILES string of the molecule is C=CCC/C(=C/CO)CO[Si](c1ccccc1)(c1ccccc1)C(C)(C)C. The second-order valence-corrected chi connectivity index (χ2v) is 12.1. The van der Waals surface area contributed by atoms with Crippen molar-refractivity contribution >= 4 is 18.7 Å². The lowest BCUT2D eigenvalue weighted by Gasteiger charge is -2.43. The number of aliphatic hydroxyl groups is 1. The average Bonchev–Trinajstić information content (AvgIpc) is 2.67. The number of hydrogen-bond acceptors (Lipinski definition) is 2. The third-order valence-corrected chi connectivity index (χ3v) is 9.92. The number of rotatable bonds is 9. The monoisotopic (exact) mass is 380 g/mol.